The molecule has 0 radical (unpaired) electrons. The van der Waals surface area contributed by atoms with Gasteiger partial charge >= 0.3 is 6.18 Å². The summed E-state index contributed by atoms with van der Waals surface area (Å²) in [7, 11) is 1.33. The van der Waals surface area contributed by atoms with Crippen LogP contribution < -0.4 is 24.4 Å². The van der Waals surface area contributed by atoms with Crippen molar-refractivity contribution in [3.8, 4) is 34.1 Å². The molecule has 6 rings (SSSR count). The molecule has 0 spiro atoms. The van der Waals surface area contributed by atoms with Gasteiger partial charge in [0.15, 0.2) is 11.5 Å². The van der Waals surface area contributed by atoms with Crippen LogP contribution in [0.2, 0.25) is 0 Å². The highest BCUT2D eigenvalue weighted by molar-refractivity contribution is 5.88. The van der Waals surface area contributed by atoms with Gasteiger partial charge in [-0.3, -0.25) is 9.69 Å². The van der Waals surface area contributed by atoms with Crippen LogP contribution in [0.25, 0.3) is 22.1 Å². The maximum Gasteiger partial charge on any atom is 0.450 e. The summed E-state index contributed by atoms with van der Waals surface area (Å²) >= 11 is 0. The molecule has 37 heavy (non-hydrogen) atoms. The van der Waals surface area contributed by atoms with Crippen molar-refractivity contribution in [3.63, 3.8) is 0 Å². The first-order valence-electron chi connectivity index (χ1n) is 11.4. The van der Waals surface area contributed by atoms with Crippen LogP contribution in [0.1, 0.15) is 16.9 Å². The van der Waals surface area contributed by atoms with Gasteiger partial charge < -0.3 is 23.4 Å². The van der Waals surface area contributed by atoms with E-state index in [-0.39, 0.29) is 42.4 Å². The monoisotopic (exact) mass is 511 g/mol. The summed E-state index contributed by atoms with van der Waals surface area (Å²) in [5, 5.41) is 0.0289. The lowest BCUT2D eigenvalue weighted by Gasteiger charge is -2.29. The molecule has 1 aromatic heterocycles. The van der Waals surface area contributed by atoms with E-state index in [4.69, 9.17) is 23.4 Å². The second-order valence-electron chi connectivity index (χ2n) is 8.70. The standard InChI is InChI=1S/C27H20F3NO6/c1-33-19-5-3-2-4-16(19)23-24(32)17-7-9-20-18(25(17)37-26(23)27(28,29)30)12-31(13-34-20)11-15-6-8-21-22(10-15)36-14-35-21/h2-10H,11-14H2,1H3. The maximum atomic E-state index is 14.2. The number of alkyl halides is 3. The molecule has 3 aromatic carbocycles. The third-order valence-corrected chi connectivity index (χ3v) is 6.38. The number of para-hydroxylation sites is 1. The zero-order valence-corrected chi connectivity index (χ0v) is 19.6. The van der Waals surface area contributed by atoms with E-state index in [9.17, 15) is 18.0 Å². The molecule has 3 heterocycles. The molecule has 4 aromatic rings. The molecular weight excluding hydrogens is 491 g/mol. The van der Waals surface area contributed by atoms with Crippen molar-refractivity contribution in [2.24, 2.45) is 0 Å². The summed E-state index contributed by atoms with van der Waals surface area (Å²) in [4.78, 5) is 15.4. The molecular formula is C27H20F3NO6. The van der Waals surface area contributed by atoms with Crippen molar-refractivity contribution in [2.45, 2.75) is 19.3 Å². The van der Waals surface area contributed by atoms with Crippen LogP contribution in [-0.2, 0) is 19.3 Å². The van der Waals surface area contributed by atoms with Crippen LogP contribution in [0.15, 0.2) is 63.8 Å². The lowest BCUT2D eigenvalue weighted by Crippen LogP contribution is -2.32. The van der Waals surface area contributed by atoms with Gasteiger partial charge in [0.25, 0.3) is 0 Å². The zero-order valence-electron chi connectivity index (χ0n) is 19.6. The van der Waals surface area contributed by atoms with Crippen molar-refractivity contribution >= 4 is 11.0 Å². The number of fused-ring (bicyclic) bond motifs is 4. The fourth-order valence-electron chi connectivity index (χ4n) is 4.71. The van der Waals surface area contributed by atoms with E-state index in [1.807, 2.05) is 17.0 Å². The molecule has 0 unspecified atom stereocenters. The van der Waals surface area contributed by atoms with E-state index >= 15 is 0 Å². The Morgan fingerprint density at radius 1 is 0.973 bits per heavy atom. The van der Waals surface area contributed by atoms with Gasteiger partial charge in [-0.15, -0.1) is 0 Å². The van der Waals surface area contributed by atoms with Crippen molar-refractivity contribution in [1.29, 1.82) is 0 Å². The number of nitrogens with zero attached hydrogens (tertiary/aromatic N) is 1. The average Bonchev–Trinajstić information content (AvgIpc) is 3.36. The van der Waals surface area contributed by atoms with Crippen LogP contribution in [0, 0.1) is 0 Å². The molecule has 2 aliphatic rings. The number of hydrogen-bond donors (Lipinski definition) is 0. The highest BCUT2D eigenvalue weighted by Crippen LogP contribution is 2.42. The van der Waals surface area contributed by atoms with Gasteiger partial charge in [-0.1, -0.05) is 24.3 Å². The Bertz CT molecular complexity index is 1580. The zero-order chi connectivity index (χ0) is 25.7. The molecule has 10 heteroatoms. The quantitative estimate of drug-likeness (QED) is 0.355. The molecule has 0 N–H and O–H groups in total. The van der Waals surface area contributed by atoms with E-state index in [0.29, 0.717) is 29.4 Å². The Balaban J connectivity index is 1.45. The number of rotatable bonds is 4. The number of benzene rings is 3. The Morgan fingerprint density at radius 2 is 1.76 bits per heavy atom. The predicted octanol–water partition coefficient (Wildman–Crippen LogP) is 5.57. The summed E-state index contributed by atoms with van der Waals surface area (Å²) in [6.07, 6.45) is -4.92. The van der Waals surface area contributed by atoms with Crippen LogP contribution >= 0.6 is 0 Å². The Labute approximate surface area is 208 Å². The highest BCUT2D eigenvalue weighted by Gasteiger charge is 2.40. The summed E-state index contributed by atoms with van der Waals surface area (Å²) in [5.41, 5.74) is -0.249. The number of methoxy groups -OCH3 is 1. The predicted molar refractivity (Wildman–Crippen MR) is 127 cm³/mol. The van der Waals surface area contributed by atoms with Crippen molar-refractivity contribution in [2.75, 3.05) is 20.6 Å². The summed E-state index contributed by atoms with van der Waals surface area (Å²) in [5.74, 6) is 0.413. The van der Waals surface area contributed by atoms with Crippen LogP contribution in [0.4, 0.5) is 13.2 Å². The first-order chi connectivity index (χ1) is 17.8. The minimum atomic E-state index is -4.92. The van der Waals surface area contributed by atoms with Crippen LogP contribution in [0.5, 0.6) is 23.0 Å². The van der Waals surface area contributed by atoms with E-state index in [0.717, 1.165) is 5.56 Å². The van der Waals surface area contributed by atoms with Gasteiger partial charge in [-0.2, -0.15) is 13.2 Å². The lowest BCUT2D eigenvalue weighted by molar-refractivity contribution is -0.152. The van der Waals surface area contributed by atoms with Gasteiger partial charge in [0.2, 0.25) is 18.0 Å². The van der Waals surface area contributed by atoms with Gasteiger partial charge in [0, 0.05) is 18.7 Å². The first-order valence-corrected chi connectivity index (χ1v) is 11.4. The molecule has 0 saturated heterocycles. The third kappa shape index (κ3) is 4.03. The second kappa shape index (κ2) is 8.74. The molecule has 0 atom stereocenters. The smallest absolute Gasteiger partial charge is 0.450 e. The maximum absolute atomic E-state index is 14.2. The summed E-state index contributed by atoms with van der Waals surface area (Å²) < 4.78 is 70.1. The second-order valence-corrected chi connectivity index (χ2v) is 8.70. The van der Waals surface area contributed by atoms with Crippen LogP contribution in [-0.4, -0.2) is 25.5 Å². The van der Waals surface area contributed by atoms with Gasteiger partial charge in [0.05, 0.1) is 23.6 Å². The molecule has 0 bridgehead atoms. The number of hydrogen-bond acceptors (Lipinski definition) is 7. The average molecular weight is 511 g/mol. The van der Waals surface area contributed by atoms with Gasteiger partial charge in [0.1, 0.15) is 23.8 Å². The minimum Gasteiger partial charge on any atom is -0.496 e. The highest BCUT2D eigenvalue weighted by atomic mass is 19.4. The third-order valence-electron chi connectivity index (χ3n) is 6.38. The summed E-state index contributed by atoms with van der Waals surface area (Å²) in [6.45, 7) is 1.02. The summed E-state index contributed by atoms with van der Waals surface area (Å²) in [6, 6.07) is 14.6. The van der Waals surface area contributed by atoms with Gasteiger partial charge in [-0.05, 0) is 35.9 Å². The largest absolute Gasteiger partial charge is 0.496 e. The van der Waals surface area contributed by atoms with Gasteiger partial charge in [-0.25, -0.2) is 0 Å². The van der Waals surface area contributed by atoms with E-state index in [1.54, 1.807) is 18.2 Å². The fraction of sp³-hybridized carbons (Fsp3) is 0.222. The Morgan fingerprint density at radius 3 is 2.57 bits per heavy atom. The Kier molecular flexibility index (Phi) is 5.49. The van der Waals surface area contributed by atoms with Crippen molar-refractivity contribution in [3.05, 3.63) is 81.7 Å². The fourth-order valence-corrected chi connectivity index (χ4v) is 4.71. The molecule has 0 aliphatic carbocycles. The molecule has 0 saturated carbocycles. The normalized spacial score (nSPS) is 14.9. The topological polar surface area (TPSA) is 70.4 Å². The number of ether oxygens (including phenoxy) is 4. The van der Waals surface area contributed by atoms with E-state index < -0.39 is 22.9 Å². The van der Waals surface area contributed by atoms with E-state index in [1.165, 1.54) is 31.4 Å². The van der Waals surface area contributed by atoms with E-state index in [2.05, 4.69) is 0 Å². The Hall–Kier alpha value is -4.18. The lowest BCUT2D eigenvalue weighted by atomic mass is 9.99. The van der Waals surface area contributed by atoms with Crippen molar-refractivity contribution in [1.82, 2.24) is 4.90 Å². The molecule has 0 fully saturated rings. The molecule has 2 aliphatic heterocycles. The van der Waals surface area contributed by atoms with Crippen LogP contribution in [0.3, 0.4) is 0 Å². The molecule has 190 valence electrons. The van der Waals surface area contributed by atoms with Crippen molar-refractivity contribution < 1.29 is 36.5 Å². The first kappa shape index (κ1) is 23.2. The SMILES string of the molecule is COc1ccccc1-c1c(C(F)(F)F)oc2c3c(ccc2c1=O)OCN(Cc1ccc2c(c1)OCO2)C3. The molecule has 0 amide bonds. The molecule has 7 nitrogen and oxygen atoms in total. The number of halogens is 3. The minimum absolute atomic E-state index is 0.00591.